The van der Waals surface area contributed by atoms with Crippen molar-refractivity contribution in [3.05, 3.63) is 58.9 Å². The summed E-state index contributed by atoms with van der Waals surface area (Å²) in [7, 11) is 0. The second-order valence-electron chi connectivity index (χ2n) is 5.94. The molecule has 3 nitrogen and oxygen atoms in total. The monoisotopic (exact) mass is 300 g/mol. The zero-order chi connectivity index (χ0) is 15.5. The van der Waals surface area contributed by atoms with Gasteiger partial charge in [0.15, 0.2) is 11.8 Å². The third-order valence-electron chi connectivity index (χ3n) is 2.95. The fraction of sp³-hybridized carbons (Fsp3) is 0.294. The minimum atomic E-state index is -0.457. The Kier molecular flexibility index (Phi) is 4.68. The molecule has 0 N–H and O–H groups in total. The van der Waals surface area contributed by atoms with Gasteiger partial charge in [-0.1, -0.05) is 29.5 Å². The molecule has 1 aromatic carbocycles. The van der Waals surface area contributed by atoms with Gasteiger partial charge in [0.05, 0.1) is 5.56 Å². The van der Waals surface area contributed by atoms with Crippen LogP contribution in [-0.4, -0.2) is 21.5 Å². The minimum Gasteiger partial charge on any atom is -0.623 e. The molecule has 0 aliphatic carbocycles. The molecule has 110 valence electrons. The number of aromatic nitrogens is 1. The van der Waals surface area contributed by atoms with Crippen molar-refractivity contribution in [2.45, 2.75) is 43.2 Å². The molecule has 0 unspecified atom stereocenters. The van der Waals surface area contributed by atoms with Crippen molar-refractivity contribution in [3.63, 3.8) is 0 Å². The van der Waals surface area contributed by atoms with Gasteiger partial charge in [0.1, 0.15) is 5.03 Å². The first kappa shape index (κ1) is 15.6. The van der Waals surface area contributed by atoms with Crippen LogP contribution in [0.4, 0.5) is 0 Å². The van der Waals surface area contributed by atoms with Gasteiger partial charge < -0.3 is 5.21 Å². The standard InChI is InChI=1S/C17H20N2OS/c1-13-7-9-15(10-8-13)21-16-14(6-5-11-18-16)12-19(20)17(2,3)4/h5-12H,1-4H3/b19-12-. The molecule has 0 atom stereocenters. The molecule has 0 spiro atoms. The zero-order valence-corrected chi connectivity index (χ0v) is 13.6. The third kappa shape index (κ3) is 4.33. The van der Waals surface area contributed by atoms with E-state index in [1.807, 2.05) is 32.9 Å². The molecule has 0 bridgehead atoms. The summed E-state index contributed by atoms with van der Waals surface area (Å²) in [6.07, 6.45) is 3.36. The van der Waals surface area contributed by atoms with Crippen molar-refractivity contribution < 1.29 is 4.74 Å². The van der Waals surface area contributed by atoms with Gasteiger partial charge in [0.25, 0.3) is 0 Å². The summed E-state index contributed by atoms with van der Waals surface area (Å²) in [6, 6.07) is 12.0. The number of pyridine rings is 1. The first-order chi connectivity index (χ1) is 9.86. The number of hydroxylamine groups is 1. The summed E-state index contributed by atoms with van der Waals surface area (Å²) < 4.78 is 0.975. The molecule has 0 saturated heterocycles. The summed E-state index contributed by atoms with van der Waals surface area (Å²) in [4.78, 5) is 5.51. The van der Waals surface area contributed by atoms with E-state index in [4.69, 9.17) is 0 Å². The number of aryl methyl sites for hydroxylation is 1. The van der Waals surface area contributed by atoms with Crippen LogP contribution >= 0.6 is 11.8 Å². The van der Waals surface area contributed by atoms with Gasteiger partial charge in [-0.05, 0) is 31.2 Å². The van der Waals surface area contributed by atoms with Crippen molar-refractivity contribution in [1.82, 2.24) is 4.98 Å². The van der Waals surface area contributed by atoms with Gasteiger partial charge in [-0.15, -0.1) is 0 Å². The highest BCUT2D eigenvalue weighted by atomic mass is 32.2. The zero-order valence-electron chi connectivity index (χ0n) is 12.8. The molecule has 0 aliphatic rings. The molecule has 21 heavy (non-hydrogen) atoms. The highest BCUT2D eigenvalue weighted by molar-refractivity contribution is 7.99. The van der Waals surface area contributed by atoms with Crippen molar-refractivity contribution in [3.8, 4) is 0 Å². The van der Waals surface area contributed by atoms with Crippen LogP contribution in [0.3, 0.4) is 0 Å². The quantitative estimate of drug-likeness (QED) is 0.368. The van der Waals surface area contributed by atoms with E-state index in [2.05, 4.69) is 36.2 Å². The van der Waals surface area contributed by atoms with Crippen molar-refractivity contribution in [2.24, 2.45) is 0 Å². The lowest BCUT2D eigenvalue weighted by atomic mass is 10.1. The normalized spacial score (nSPS) is 12.5. The van der Waals surface area contributed by atoms with E-state index in [1.54, 1.807) is 24.2 Å². The number of benzene rings is 1. The van der Waals surface area contributed by atoms with Crippen LogP contribution in [0.2, 0.25) is 0 Å². The Labute approximate surface area is 130 Å². The van der Waals surface area contributed by atoms with E-state index in [9.17, 15) is 5.21 Å². The Bertz CT molecular complexity index is 643. The molecule has 0 aliphatic heterocycles. The van der Waals surface area contributed by atoms with Crippen LogP contribution in [-0.2, 0) is 0 Å². The van der Waals surface area contributed by atoms with Crippen molar-refractivity contribution in [2.75, 3.05) is 0 Å². The van der Waals surface area contributed by atoms with Crippen LogP contribution in [0.1, 0.15) is 31.9 Å². The maximum atomic E-state index is 12.1. The van der Waals surface area contributed by atoms with Crippen molar-refractivity contribution >= 4 is 18.0 Å². The average molecular weight is 300 g/mol. The Morgan fingerprint density at radius 3 is 2.43 bits per heavy atom. The molecular weight excluding hydrogens is 280 g/mol. The minimum absolute atomic E-state index is 0.457. The first-order valence-corrected chi connectivity index (χ1v) is 7.69. The lowest BCUT2D eigenvalue weighted by molar-refractivity contribution is -0.530. The summed E-state index contributed by atoms with van der Waals surface area (Å²) in [5.41, 5.74) is 1.61. The summed E-state index contributed by atoms with van der Waals surface area (Å²) in [6.45, 7) is 7.73. The summed E-state index contributed by atoms with van der Waals surface area (Å²) >= 11 is 1.57. The predicted octanol–water partition coefficient (Wildman–Crippen LogP) is 4.27. The molecule has 0 fully saturated rings. The molecule has 0 amide bonds. The Morgan fingerprint density at radius 1 is 1.14 bits per heavy atom. The average Bonchev–Trinajstić information content (AvgIpc) is 2.42. The van der Waals surface area contributed by atoms with Gasteiger partial charge in [-0.3, -0.25) is 0 Å². The SMILES string of the molecule is Cc1ccc(Sc2ncccc2/C=[N+](\[O-])C(C)(C)C)cc1. The second kappa shape index (κ2) is 6.31. The van der Waals surface area contributed by atoms with Gasteiger partial charge in [0, 0.05) is 31.9 Å². The highest BCUT2D eigenvalue weighted by Crippen LogP contribution is 2.28. The number of nitrogens with zero attached hydrogens (tertiary/aromatic N) is 2. The summed E-state index contributed by atoms with van der Waals surface area (Å²) in [5.74, 6) is 0. The Morgan fingerprint density at radius 2 is 1.81 bits per heavy atom. The lowest BCUT2D eigenvalue weighted by Gasteiger charge is -2.18. The van der Waals surface area contributed by atoms with Crippen LogP contribution < -0.4 is 0 Å². The lowest BCUT2D eigenvalue weighted by Crippen LogP contribution is -2.29. The molecule has 1 heterocycles. The van der Waals surface area contributed by atoms with E-state index < -0.39 is 5.54 Å². The Hall–Kier alpha value is -1.81. The van der Waals surface area contributed by atoms with Crippen LogP contribution in [0, 0.1) is 12.1 Å². The van der Waals surface area contributed by atoms with E-state index in [-0.39, 0.29) is 0 Å². The first-order valence-electron chi connectivity index (χ1n) is 6.87. The van der Waals surface area contributed by atoms with E-state index in [1.165, 1.54) is 5.56 Å². The molecule has 0 radical (unpaired) electrons. The molecule has 2 aromatic rings. The number of hydrogen-bond acceptors (Lipinski definition) is 3. The smallest absolute Gasteiger partial charge is 0.185 e. The van der Waals surface area contributed by atoms with Gasteiger partial charge in [0.2, 0.25) is 0 Å². The largest absolute Gasteiger partial charge is 0.623 e. The predicted molar refractivity (Wildman–Crippen MR) is 88.1 cm³/mol. The van der Waals surface area contributed by atoms with Gasteiger partial charge in [-0.2, -0.15) is 0 Å². The maximum absolute atomic E-state index is 12.1. The van der Waals surface area contributed by atoms with Crippen LogP contribution in [0.25, 0.3) is 0 Å². The van der Waals surface area contributed by atoms with Crippen LogP contribution in [0.15, 0.2) is 52.5 Å². The Balaban J connectivity index is 2.31. The molecular formula is C17H20N2OS. The third-order valence-corrected chi connectivity index (χ3v) is 4.00. The maximum Gasteiger partial charge on any atom is 0.185 e. The van der Waals surface area contributed by atoms with Gasteiger partial charge >= 0.3 is 0 Å². The second-order valence-corrected chi connectivity index (χ2v) is 7.00. The number of rotatable bonds is 3. The number of hydrogen-bond donors (Lipinski definition) is 0. The van der Waals surface area contributed by atoms with Crippen molar-refractivity contribution in [1.29, 1.82) is 0 Å². The van der Waals surface area contributed by atoms with E-state index in [0.717, 1.165) is 20.2 Å². The van der Waals surface area contributed by atoms with E-state index in [0.29, 0.717) is 0 Å². The fourth-order valence-electron chi connectivity index (χ4n) is 1.62. The highest BCUT2D eigenvalue weighted by Gasteiger charge is 2.19. The summed E-state index contributed by atoms with van der Waals surface area (Å²) in [5, 5.41) is 12.9. The van der Waals surface area contributed by atoms with E-state index >= 15 is 0 Å². The fourth-order valence-corrected chi connectivity index (χ4v) is 2.47. The molecule has 4 heteroatoms. The topological polar surface area (TPSA) is 39.0 Å². The molecule has 0 saturated carbocycles. The van der Waals surface area contributed by atoms with Crippen LogP contribution in [0.5, 0.6) is 0 Å². The van der Waals surface area contributed by atoms with Gasteiger partial charge in [-0.25, -0.2) is 9.72 Å². The molecule has 1 aromatic heterocycles. The molecule has 2 rings (SSSR count).